The van der Waals surface area contributed by atoms with E-state index in [0.717, 1.165) is 6.08 Å². The smallest absolute Gasteiger partial charge is 0.338 e. The van der Waals surface area contributed by atoms with Crippen LogP contribution in [-0.2, 0) is 4.79 Å². The molecule has 0 saturated heterocycles. The van der Waals surface area contributed by atoms with Crippen LogP contribution in [0.2, 0.25) is 0 Å². The number of carbonyl (C=O) groups excluding carboxylic acids is 1. The van der Waals surface area contributed by atoms with Gasteiger partial charge in [0.2, 0.25) is 6.08 Å². The lowest BCUT2D eigenvalue weighted by Crippen LogP contribution is -2.03. The largest absolute Gasteiger partial charge is 0.478 e. The van der Waals surface area contributed by atoms with Gasteiger partial charge in [-0.05, 0) is 6.07 Å². The Bertz CT molecular complexity index is 481. The molecule has 0 aliphatic carbocycles. The number of rotatable bonds is 2. The summed E-state index contributed by atoms with van der Waals surface area (Å²) in [6.07, 6.45) is 0.794. The normalized spacial score (nSPS) is 9.53. The molecule has 1 rings (SSSR count). The summed E-state index contributed by atoms with van der Waals surface area (Å²) in [6.45, 7) is 0. The lowest BCUT2D eigenvalue weighted by atomic mass is 10.1. The van der Waals surface area contributed by atoms with E-state index in [4.69, 9.17) is 5.11 Å². The van der Waals surface area contributed by atoms with Crippen LogP contribution in [0, 0.1) is 17.5 Å². The predicted octanol–water partition coefficient (Wildman–Crippen LogP) is 1.77. The first-order valence-electron chi connectivity index (χ1n) is 3.47. The maximum atomic E-state index is 13.1. The molecule has 0 bridgehead atoms. The van der Waals surface area contributed by atoms with Crippen molar-refractivity contribution in [1.29, 1.82) is 0 Å². The van der Waals surface area contributed by atoms with Crippen LogP contribution in [0.5, 0.6) is 0 Å². The molecule has 4 nitrogen and oxygen atoms in total. The Morgan fingerprint density at radius 1 is 1.33 bits per heavy atom. The summed E-state index contributed by atoms with van der Waals surface area (Å²) >= 11 is 0. The number of carbonyl (C=O) groups is 1. The van der Waals surface area contributed by atoms with E-state index in [2.05, 4.69) is 4.99 Å². The Hall–Kier alpha value is -2.14. The van der Waals surface area contributed by atoms with Crippen LogP contribution >= 0.6 is 0 Å². The molecule has 1 aromatic rings. The number of hydrogen-bond acceptors (Lipinski definition) is 3. The topological polar surface area (TPSA) is 66.7 Å². The second-order valence-electron chi connectivity index (χ2n) is 2.39. The van der Waals surface area contributed by atoms with Gasteiger partial charge in [0, 0.05) is 0 Å². The first-order valence-corrected chi connectivity index (χ1v) is 3.47. The van der Waals surface area contributed by atoms with E-state index in [1.807, 2.05) is 0 Å². The fraction of sp³-hybridized carbons (Fsp3) is 0. The highest BCUT2D eigenvalue weighted by Gasteiger charge is 2.22. The van der Waals surface area contributed by atoms with Crippen LogP contribution in [0.3, 0.4) is 0 Å². The van der Waals surface area contributed by atoms with Gasteiger partial charge in [-0.2, -0.15) is 4.99 Å². The fourth-order valence-electron chi connectivity index (χ4n) is 0.890. The number of nitrogens with zero attached hydrogens (tertiary/aromatic N) is 1. The summed E-state index contributed by atoms with van der Waals surface area (Å²) in [5.41, 5.74) is -2.41. The third-order valence-corrected chi connectivity index (χ3v) is 1.52. The Morgan fingerprint density at radius 3 is 2.40 bits per heavy atom. The number of carboxylic acids is 1. The van der Waals surface area contributed by atoms with E-state index >= 15 is 0 Å². The van der Waals surface area contributed by atoms with Gasteiger partial charge < -0.3 is 5.11 Å². The first kappa shape index (κ1) is 10.9. The fourth-order valence-corrected chi connectivity index (χ4v) is 0.890. The molecule has 0 aliphatic rings. The molecule has 1 aromatic carbocycles. The Balaban J connectivity index is 3.62. The Labute approximate surface area is 80.7 Å². The third-order valence-electron chi connectivity index (χ3n) is 1.52. The van der Waals surface area contributed by atoms with Gasteiger partial charge in [0.25, 0.3) is 0 Å². The van der Waals surface area contributed by atoms with Gasteiger partial charge in [-0.1, -0.05) is 0 Å². The standard InChI is InChI=1S/C8H2F3NO3/c9-4-1-3(8(14)15)5(10)7(6(4)11)12-2-13/h1H,(H,14,15). The second kappa shape index (κ2) is 3.93. The Kier molecular flexibility index (Phi) is 2.87. The summed E-state index contributed by atoms with van der Waals surface area (Å²) in [5.74, 6) is -6.76. The summed E-state index contributed by atoms with van der Waals surface area (Å²) < 4.78 is 38.6. The Morgan fingerprint density at radius 2 is 1.93 bits per heavy atom. The zero-order chi connectivity index (χ0) is 11.6. The van der Waals surface area contributed by atoms with Gasteiger partial charge in [-0.15, -0.1) is 0 Å². The molecule has 0 amide bonds. The molecule has 0 saturated carbocycles. The van der Waals surface area contributed by atoms with Crippen molar-refractivity contribution in [1.82, 2.24) is 0 Å². The van der Waals surface area contributed by atoms with Gasteiger partial charge in [-0.3, -0.25) is 0 Å². The quantitative estimate of drug-likeness (QED) is 0.466. The molecule has 7 heteroatoms. The number of aliphatic imine (C=N–C) groups is 1. The minimum absolute atomic E-state index is 0.164. The van der Waals surface area contributed by atoms with Crippen LogP contribution < -0.4 is 0 Å². The molecule has 0 aromatic heterocycles. The molecule has 15 heavy (non-hydrogen) atoms. The number of isocyanates is 1. The molecule has 0 unspecified atom stereocenters. The van der Waals surface area contributed by atoms with Crippen molar-refractivity contribution in [3.05, 3.63) is 29.1 Å². The van der Waals surface area contributed by atoms with Crippen LogP contribution in [0.4, 0.5) is 18.9 Å². The van der Waals surface area contributed by atoms with Crippen molar-refractivity contribution in [3.63, 3.8) is 0 Å². The zero-order valence-electron chi connectivity index (χ0n) is 6.92. The van der Waals surface area contributed by atoms with Gasteiger partial charge in [0.15, 0.2) is 23.1 Å². The maximum absolute atomic E-state index is 13.1. The summed E-state index contributed by atoms with van der Waals surface area (Å²) in [5, 5.41) is 8.40. The molecular weight excluding hydrogens is 215 g/mol. The first-order chi connectivity index (χ1) is 6.99. The zero-order valence-corrected chi connectivity index (χ0v) is 6.92. The van der Waals surface area contributed by atoms with E-state index in [1.165, 1.54) is 0 Å². The van der Waals surface area contributed by atoms with Crippen molar-refractivity contribution >= 4 is 17.7 Å². The number of aromatic carboxylic acids is 1. The molecular formula is C8H2F3NO3. The molecule has 0 aliphatic heterocycles. The number of hydrogen-bond donors (Lipinski definition) is 1. The molecule has 0 spiro atoms. The highest BCUT2D eigenvalue weighted by atomic mass is 19.2. The molecule has 78 valence electrons. The summed E-state index contributed by atoms with van der Waals surface area (Å²) in [6, 6.07) is 0.164. The van der Waals surface area contributed by atoms with Gasteiger partial charge in [0.05, 0.1) is 0 Å². The van der Waals surface area contributed by atoms with E-state index in [-0.39, 0.29) is 6.07 Å². The van der Waals surface area contributed by atoms with E-state index < -0.39 is 34.7 Å². The SMILES string of the molecule is O=C=Nc1c(F)c(F)cc(C(=O)O)c1F. The minimum Gasteiger partial charge on any atom is -0.478 e. The van der Waals surface area contributed by atoms with Crippen molar-refractivity contribution in [2.24, 2.45) is 4.99 Å². The number of benzene rings is 1. The predicted molar refractivity (Wildman–Crippen MR) is 41.1 cm³/mol. The monoisotopic (exact) mass is 217 g/mol. The second-order valence-corrected chi connectivity index (χ2v) is 2.39. The van der Waals surface area contributed by atoms with E-state index in [0.29, 0.717) is 0 Å². The van der Waals surface area contributed by atoms with Gasteiger partial charge in [0.1, 0.15) is 5.56 Å². The van der Waals surface area contributed by atoms with Crippen molar-refractivity contribution in [2.75, 3.05) is 0 Å². The number of carboxylic acid groups (broad SMARTS) is 1. The van der Waals surface area contributed by atoms with Gasteiger partial charge >= 0.3 is 5.97 Å². The van der Waals surface area contributed by atoms with E-state index in [1.54, 1.807) is 0 Å². The lowest BCUT2D eigenvalue weighted by molar-refractivity contribution is 0.0691. The molecule has 1 N–H and O–H groups in total. The van der Waals surface area contributed by atoms with Crippen molar-refractivity contribution in [3.8, 4) is 0 Å². The van der Waals surface area contributed by atoms with Crippen molar-refractivity contribution in [2.45, 2.75) is 0 Å². The average molecular weight is 217 g/mol. The summed E-state index contributed by atoms with van der Waals surface area (Å²) in [7, 11) is 0. The molecule has 0 heterocycles. The average Bonchev–Trinajstić information content (AvgIpc) is 2.18. The maximum Gasteiger partial charge on any atom is 0.338 e. The molecule has 0 radical (unpaired) electrons. The van der Waals surface area contributed by atoms with Crippen molar-refractivity contribution < 1.29 is 27.9 Å². The van der Waals surface area contributed by atoms with Gasteiger partial charge in [-0.25, -0.2) is 22.8 Å². The van der Waals surface area contributed by atoms with Crippen LogP contribution in [0.15, 0.2) is 11.1 Å². The number of halogens is 3. The lowest BCUT2D eigenvalue weighted by Gasteiger charge is -2.02. The van der Waals surface area contributed by atoms with Crippen LogP contribution in [0.1, 0.15) is 10.4 Å². The third kappa shape index (κ3) is 1.87. The van der Waals surface area contributed by atoms with Crippen LogP contribution in [-0.4, -0.2) is 17.2 Å². The minimum atomic E-state index is -1.80. The van der Waals surface area contributed by atoms with Crippen LogP contribution in [0.25, 0.3) is 0 Å². The highest BCUT2D eigenvalue weighted by molar-refractivity contribution is 5.89. The molecule has 0 fully saturated rings. The highest BCUT2D eigenvalue weighted by Crippen LogP contribution is 2.27. The molecule has 0 atom stereocenters. The van der Waals surface area contributed by atoms with E-state index in [9.17, 15) is 22.8 Å². The summed E-state index contributed by atoms with van der Waals surface area (Å²) in [4.78, 5) is 22.7.